The topological polar surface area (TPSA) is 79.1 Å². The predicted molar refractivity (Wildman–Crippen MR) is 77.6 cm³/mol. The van der Waals surface area contributed by atoms with Crippen molar-refractivity contribution >= 4 is 28.2 Å². The van der Waals surface area contributed by atoms with Crippen LogP contribution in [0.3, 0.4) is 0 Å². The van der Waals surface area contributed by atoms with Crippen LogP contribution >= 0.6 is 0 Å². The lowest BCUT2D eigenvalue weighted by Gasteiger charge is -2.21. The van der Waals surface area contributed by atoms with Gasteiger partial charge in [-0.1, -0.05) is 0 Å². The fourth-order valence-electron chi connectivity index (χ4n) is 2.12. The molecule has 0 amide bonds. The number of benzene rings is 2. The van der Waals surface area contributed by atoms with Crippen LogP contribution < -0.4 is 10.6 Å². The largest absolute Gasteiger partial charge is 0.443 e. The van der Waals surface area contributed by atoms with Crippen LogP contribution in [-0.2, 0) is 0 Å². The molecule has 20 heavy (non-hydrogen) atoms. The fourth-order valence-corrected chi connectivity index (χ4v) is 2.12. The van der Waals surface area contributed by atoms with Crippen molar-refractivity contribution in [1.29, 1.82) is 5.26 Å². The van der Waals surface area contributed by atoms with Crippen molar-refractivity contribution in [2.45, 2.75) is 0 Å². The van der Waals surface area contributed by atoms with Gasteiger partial charge in [0.25, 0.3) is 0 Å². The van der Waals surface area contributed by atoms with Gasteiger partial charge in [-0.05, 0) is 30.3 Å². The Morgan fingerprint density at radius 2 is 2.10 bits per heavy atom. The number of oxazole rings is 1. The highest BCUT2D eigenvalue weighted by Crippen LogP contribution is 2.31. The van der Waals surface area contributed by atoms with Crippen LogP contribution in [-0.4, -0.2) is 12.0 Å². The average molecular weight is 264 g/mol. The minimum atomic E-state index is 0.547. The molecule has 0 atom stereocenters. The molecule has 1 heterocycles. The van der Waals surface area contributed by atoms with Gasteiger partial charge in [0.1, 0.15) is 5.52 Å². The molecular weight excluding hydrogens is 252 g/mol. The standard InChI is InChI=1S/C15H12N4O/c1-19(14-5-2-10(8-16)6-12(14)17)11-3-4-13-15(7-11)20-9-18-13/h2-7,9H,17H2,1H3. The van der Waals surface area contributed by atoms with Crippen molar-refractivity contribution in [1.82, 2.24) is 4.98 Å². The van der Waals surface area contributed by atoms with E-state index in [1.807, 2.05) is 36.2 Å². The Balaban J connectivity index is 2.03. The summed E-state index contributed by atoms with van der Waals surface area (Å²) in [5, 5.41) is 8.86. The van der Waals surface area contributed by atoms with Crippen LogP contribution in [0.15, 0.2) is 47.2 Å². The molecule has 5 heteroatoms. The number of nitrogen functional groups attached to an aromatic ring is 1. The van der Waals surface area contributed by atoms with E-state index in [-0.39, 0.29) is 0 Å². The molecule has 0 aliphatic carbocycles. The first kappa shape index (κ1) is 12.1. The highest BCUT2D eigenvalue weighted by molar-refractivity contribution is 5.82. The van der Waals surface area contributed by atoms with Crippen molar-refractivity contribution in [2.24, 2.45) is 0 Å². The van der Waals surface area contributed by atoms with Crippen molar-refractivity contribution in [2.75, 3.05) is 17.7 Å². The van der Waals surface area contributed by atoms with E-state index in [1.165, 1.54) is 6.39 Å². The third kappa shape index (κ3) is 1.93. The van der Waals surface area contributed by atoms with E-state index in [9.17, 15) is 0 Å². The molecule has 3 aromatic rings. The van der Waals surface area contributed by atoms with Crippen LogP contribution in [0.2, 0.25) is 0 Å². The summed E-state index contributed by atoms with van der Waals surface area (Å²) in [5.74, 6) is 0. The second-order valence-corrected chi connectivity index (χ2v) is 4.45. The Hall–Kier alpha value is -3.00. The summed E-state index contributed by atoms with van der Waals surface area (Å²) in [7, 11) is 1.91. The molecule has 2 aromatic carbocycles. The highest BCUT2D eigenvalue weighted by Gasteiger charge is 2.10. The van der Waals surface area contributed by atoms with E-state index in [0.29, 0.717) is 11.3 Å². The van der Waals surface area contributed by atoms with Gasteiger partial charge in [0.05, 0.1) is 23.0 Å². The minimum Gasteiger partial charge on any atom is -0.443 e. The molecular formula is C15H12N4O. The summed E-state index contributed by atoms with van der Waals surface area (Å²) in [6.45, 7) is 0. The molecule has 0 bridgehead atoms. The van der Waals surface area contributed by atoms with Crippen LogP contribution in [0.25, 0.3) is 11.1 Å². The third-order valence-electron chi connectivity index (χ3n) is 3.22. The van der Waals surface area contributed by atoms with Gasteiger partial charge in [-0.15, -0.1) is 0 Å². The Morgan fingerprint density at radius 1 is 1.25 bits per heavy atom. The van der Waals surface area contributed by atoms with Crippen LogP contribution in [0.5, 0.6) is 0 Å². The van der Waals surface area contributed by atoms with E-state index in [1.54, 1.807) is 12.1 Å². The van der Waals surface area contributed by atoms with Crippen molar-refractivity contribution in [3.63, 3.8) is 0 Å². The molecule has 3 rings (SSSR count). The summed E-state index contributed by atoms with van der Waals surface area (Å²) in [6.07, 6.45) is 1.42. The molecule has 0 unspecified atom stereocenters. The number of nitriles is 1. The second-order valence-electron chi connectivity index (χ2n) is 4.45. The zero-order chi connectivity index (χ0) is 14.1. The zero-order valence-corrected chi connectivity index (χ0v) is 10.9. The first-order valence-electron chi connectivity index (χ1n) is 6.05. The lowest BCUT2D eigenvalue weighted by molar-refractivity contribution is 0.602. The molecule has 0 aliphatic heterocycles. The molecule has 0 spiro atoms. The molecule has 1 aromatic heterocycles. The summed E-state index contributed by atoms with van der Waals surface area (Å²) in [5.41, 5.74) is 10.4. The maximum absolute atomic E-state index is 8.86. The molecule has 5 nitrogen and oxygen atoms in total. The number of anilines is 3. The van der Waals surface area contributed by atoms with Crippen molar-refractivity contribution in [3.05, 3.63) is 48.4 Å². The molecule has 2 N–H and O–H groups in total. The van der Waals surface area contributed by atoms with E-state index in [2.05, 4.69) is 11.1 Å². The Labute approximate surface area is 115 Å². The lowest BCUT2D eigenvalue weighted by Crippen LogP contribution is -2.11. The number of rotatable bonds is 2. The number of nitrogens with two attached hydrogens (primary N) is 1. The summed E-state index contributed by atoms with van der Waals surface area (Å²) >= 11 is 0. The first-order chi connectivity index (χ1) is 9.69. The first-order valence-corrected chi connectivity index (χ1v) is 6.05. The quantitative estimate of drug-likeness (QED) is 0.719. The summed E-state index contributed by atoms with van der Waals surface area (Å²) in [4.78, 5) is 6.03. The number of fused-ring (bicyclic) bond motifs is 1. The molecule has 0 saturated heterocycles. The van der Waals surface area contributed by atoms with Crippen molar-refractivity contribution < 1.29 is 4.42 Å². The molecule has 0 aliphatic rings. The Kier molecular flexibility index (Phi) is 2.77. The number of hydrogen-bond donors (Lipinski definition) is 1. The highest BCUT2D eigenvalue weighted by atomic mass is 16.3. The second kappa shape index (κ2) is 4.59. The van der Waals surface area contributed by atoms with Crippen molar-refractivity contribution in [3.8, 4) is 6.07 Å². The van der Waals surface area contributed by atoms with E-state index < -0.39 is 0 Å². The fraction of sp³-hybridized carbons (Fsp3) is 0.0667. The predicted octanol–water partition coefficient (Wildman–Crippen LogP) is 3.05. The maximum Gasteiger partial charge on any atom is 0.181 e. The minimum absolute atomic E-state index is 0.547. The lowest BCUT2D eigenvalue weighted by atomic mass is 10.1. The number of aromatic nitrogens is 1. The van der Waals surface area contributed by atoms with Gasteiger partial charge in [0.2, 0.25) is 0 Å². The van der Waals surface area contributed by atoms with Gasteiger partial charge in [0, 0.05) is 18.8 Å². The van der Waals surface area contributed by atoms with Gasteiger partial charge in [-0.25, -0.2) is 4.98 Å². The van der Waals surface area contributed by atoms with E-state index >= 15 is 0 Å². The Bertz CT molecular complexity index is 816. The van der Waals surface area contributed by atoms with Gasteiger partial charge >= 0.3 is 0 Å². The molecule has 0 radical (unpaired) electrons. The van der Waals surface area contributed by atoms with E-state index in [0.717, 1.165) is 22.5 Å². The summed E-state index contributed by atoms with van der Waals surface area (Å²) in [6, 6.07) is 13.1. The molecule has 0 saturated carbocycles. The maximum atomic E-state index is 8.86. The van der Waals surface area contributed by atoms with Crippen LogP contribution in [0.4, 0.5) is 17.1 Å². The van der Waals surface area contributed by atoms with E-state index in [4.69, 9.17) is 15.4 Å². The molecule has 98 valence electrons. The molecule has 0 fully saturated rings. The van der Waals surface area contributed by atoms with Gasteiger partial charge in [-0.2, -0.15) is 5.26 Å². The number of nitrogens with zero attached hydrogens (tertiary/aromatic N) is 3. The average Bonchev–Trinajstić information content (AvgIpc) is 2.93. The normalized spacial score (nSPS) is 10.4. The van der Waals surface area contributed by atoms with Gasteiger partial charge in [-0.3, -0.25) is 0 Å². The number of hydrogen-bond acceptors (Lipinski definition) is 5. The van der Waals surface area contributed by atoms with Gasteiger partial charge < -0.3 is 15.1 Å². The zero-order valence-electron chi connectivity index (χ0n) is 10.9. The smallest absolute Gasteiger partial charge is 0.181 e. The SMILES string of the molecule is CN(c1ccc2ncoc2c1)c1ccc(C#N)cc1N. The Morgan fingerprint density at radius 3 is 2.85 bits per heavy atom. The summed E-state index contributed by atoms with van der Waals surface area (Å²) < 4.78 is 5.30. The van der Waals surface area contributed by atoms with Crippen LogP contribution in [0.1, 0.15) is 5.56 Å². The monoisotopic (exact) mass is 264 g/mol. The third-order valence-corrected chi connectivity index (χ3v) is 3.22. The van der Waals surface area contributed by atoms with Crippen LogP contribution in [0, 0.1) is 11.3 Å². The van der Waals surface area contributed by atoms with Gasteiger partial charge in [0.15, 0.2) is 12.0 Å².